The lowest BCUT2D eigenvalue weighted by Crippen LogP contribution is -2.03. The average Bonchev–Trinajstić information content (AvgIpc) is 2.81. The van der Waals surface area contributed by atoms with Gasteiger partial charge in [0.15, 0.2) is 5.78 Å². The van der Waals surface area contributed by atoms with E-state index in [2.05, 4.69) is 20.9 Å². The monoisotopic (exact) mass is 307 g/mol. The fourth-order valence-corrected chi connectivity index (χ4v) is 2.02. The smallest absolute Gasteiger partial charge is 0.352 e. The van der Waals surface area contributed by atoms with Gasteiger partial charge in [-0.1, -0.05) is 34.1 Å². The molecule has 0 radical (unpaired) electrons. The van der Waals surface area contributed by atoms with Crippen molar-refractivity contribution in [1.82, 2.24) is 4.98 Å². The van der Waals surface area contributed by atoms with Gasteiger partial charge >= 0.3 is 5.97 Å². The maximum Gasteiger partial charge on any atom is 0.352 e. The van der Waals surface area contributed by atoms with Crippen LogP contribution in [0.2, 0.25) is 0 Å². The number of ketones is 1. The number of carboxylic acid groups (broad SMARTS) is 1. The van der Waals surface area contributed by atoms with Gasteiger partial charge < -0.3 is 10.1 Å². The fourth-order valence-electron chi connectivity index (χ4n) is 1.60. The predicted octanol–water partition coefficient (Wildman–Crippen LogP) is 2.90. The van der Waals surface area contributed by atoms with Crippen LogP contribution in [0.4, 0.5) is 0 Å². The second-order valence-electron chi connectivity index (χ2n) is 3.80. The maximum atomic E-state index is 12.0. The first kappa shape index (κ1) is 12.6. The van der Waals surface area contributed by atoms with E-state index in [1.165, 1.54) is 12.3 Å². The van der Waals surface area contributed by atoms with Crippen molar-refractivity contribution < 1.29 is 14.7 Å². The van der Waals surface area contributed by atoms with Crippen molar-refractivity contribution in [3.8, 4) is 0 Å². The van der Waals surface area contributed by atoms with E-state index in [9.17, 15) is 9.59 Å². The molecule has 2 rings (SSSR count). The summed E-state index contributed by atoms with van der Waals surface area (Å²) in [7, 11) is 0. The van der Waals surface area contributed by atoms with E-state index in [1.54, 1.807) is 0 Å². The number of hydrogen-bond donors (Lipinski definition) is 2. The van der Waals surface area contributed by atoms with E-state index in [0.717, 1.165) is 10.0 Å². The van der Waals surface area contributed by atoms with Crippen LogP contribution >= 0.6 is 15.9 Å². The lowest BCUT2D eigenvalue weighted by atomic mass is 10.1. The highest BCUT2D eigenvalue weighted by Crippen LogP contribution is 2.18. The van der Waals surface area contributed by atoms with Crippen molar-refractivity contribution in [3.05, 3.63) is 57.8 Å². The second-order valence-corrected chi connectivity index (χ2v) is 4.65. The van der Waals surface area contributed by atoms with Crippen molar-refractivity contribution in [2.75, 3.05) is 0 Å². The Morgan fingerprint density at radius 1 is 1.28 bits per heavy atom. The number of carbonyl (C=O) groups excluding carboxylic acids is 1. The minimum atomic E-state index is -1.07. The lowest BCUT2D eigenvalue weighted by Gasteiger charge is -2.01. The van der Waals surface area contributed by atoms with Crippen LogP contribution in [-0.2, 0) is 6.42 Å². The quantitative estimate of drug-likeness (QED) is 0.853. The van der Waals surface area contributed by atoms with Gasteiger partial charge in [0, 0.05) is 22.7 Å². The van der Waals surface area contributed by atoms with Crippen molar-refractivity contribution in [2.24, 2.45) is 0 Å². The summed E-state index contributed by atoms with van der Waals surface area (Å²) in [5.41, 5.74) is 1.27. The molecule has 0 aliphatic carbocycles. The highest BCUT2D eigenvalue weighted by atomic mass is 79.9. The summed E-state index contributed by atoms with van der Waals surface area (Å²) < 4.78 is 0.868. The van der Waals surface area contributed by atoms with Gasteiger partial charge in [0.25, 0.3) is 0 Å². The van der Waals surface area contributed by atoms with Crippen LogP contribution in [0.1, 0.15) is 26.4 Å². The topological polar surface area (TPSA) is 70.2 Å². The third kappa shape index (κ3) is 2.68. The Hall–Kier alpha value is -1.88. The number of rotatable bonds is 4. The highest BCUT2D eigenvalue weighted by Gasteiger charge is 2.13. The first-order valence-electron chi connectivity index (χ1n) is 5.26. The van der Waals surface area contributed by atoms with Crippen molar-refractivity contribution in [1.29, 1.82) is 0 Å². The maximum absolute atomic E-state index is 12.0. The van der Waals surface area contributed by atoms with E-state index in [1.807, 2.05) is 24.3 Å². The molecule has 18 heavy (non-hydrogen) atoms. The molecule has 4 nitrogen and oxygen atoms in total. The van der Waals surface area contributed by atoms with Crippen LogP contribution in [0.25, 0.3) is 0 Å². The van der Waals surface area contributed by atoms with Crippen LogP contribution < -0.4 is 0 Å². The van der Waals surface area contributed by atoms with Crippen LogP contribution in [0.3, 0.4) is 0 Å². The van der Waals surface area contributed by atoms with Gasteiger partial charge in [0.1, 0.15) is 5.69 Å². The van der Waals surface area contributed by atoms with Crippen molar-refractivity contribution in [2.45, 2.75) is 6.42 Å². The molecule has 5 heteroatoms. The highest BCUT2D eigenvalue weighted by molar-refractivity contribution is 9.10. The summed E-state index contributed by atoms with van der Waals surface area (Å²) in [6, 6.07) is 8.79. The lowest BCUT2D eigenvalue weighted by molar-refractivity contribution is 0.0691. The molecule has 2 N–H and O–H groups in total. The van der Waals surface area contributed by atoms with E-state index in [4.69, 9.17) is 5.11 Å². The van der Waals surface area contributed by atoms with Gasteiger partial charge in [0.2, 0.25) is 0 Å². The number of benzene rings is 1. The number of carbonyl (C=O) groups is 2. The van der Waals surface area contributed by atoms with Crippen molar-refractivity contribution in [3.63, 3.8) is 0 Å². The SMILES string of the molecule is O=C(Cc1ccccc1Br)c1c[nH]c(C(=O)O)c1. The zero-order chi connectivity index (χ0) is 13.1. The Bertz CT molecular complexity index is 604. The molecule has 1 aromatic heterocycles. The Labute approximate surface area is 112 Å². The zero-order valence-electron chi connectivity index (χ0n) is 9.31. The van der Waals surface area contributed by atoms with Gasteiger partial charge in [-0.3, -0.25) is 4.79 Å². The molecule has 0 unspecified atom stereocenters. The minimum absolute atomic E-state index is 0.0190. The number of carboxylic acids is 1. The molecule has 1 heterocycles. The second kappa shape index (κ2) is 5.18. The summed E-state index contributed by atoms with van der Waals surface area (Å²) in [5, 5.41) is 8.76. The molecule has 1 aromatic carbocycles. The number of aromatic nitrogens is 1. The van der Waals surface area contributed by atoms with Crippen LogP contribution in [0.15, 0.2) is 41.0 Å². The van der Waals surface area contributed by atoms with Crippen LogP contribution in [-0.4, -0.2) is 21.8 Å². The standard InChI is InChI=1S/C13H10BrNO3/c14-10-4-2-1-3-8(10)6-12(16)9-5-11(13(17)18)15-7-9/h1-5,7,15H,6H2,(H,17,18). The normalized spacial score (nSPS) is 10.3. The number of aromatic carboxylic acids is 1. The molecule has 0 saturated heterocycles. The van der Waals surface area contributed by atoms with E-state index < -0.39 is 5.97 Å². The average molecular weight is 308 g/mol. The molecule has 2 aromatic rings. The number of H-pyrrole nitrogens is 1. The van der Waals surface area contributed by atoms with Gasteiger partial charge in [0.05, 0.1) is 0 Å². The molecule has 0 atom stereocenters. The summed E-state index contributed by atoms with van der Waals surface area (Å²) in [4.78, 5) is 25.2. The van der Waals surface area contributed by atoms with Crippen LogP contribution in [0.5, 0.6) is 0 Å². The largest absolute Gasteiger partial charge is 0.477 e. The third-order valence-corrected chi connectivity index (χ3v) is 3.32. The van der Waals surface area contributed by atoms with Crippen LogP contribution in [0, 0.1) is 0 Å². The Morgan fingerprint density at radius 2 is 2.00 bits per heavy atom. The summed E-state index contributed by atoms with van der Waals surface area (Å²) in [6.07, 6.45) is 1.65. The minimum Gasteiger partial charge on any atom is -0.477 e. The van der Waals surface area contributed by atoms with Gasteiger partial charge in [-0.25, -0.2) is 4.79 Å². The molecule has 0 aliphatic rings. The van der Waals surface area contributed by atoms with Gasteiger partial charge in [-0.2, -0.15) is 0 Å². The Kier molecular flexibility index (Phi) is 3.62. The summed E-state index contributed by atoms with van der Waals surface area (Å²) in [5.74, 6) is -1.19. The molecule has 0 bridgehead atoms. The molecule has 0 spiro atoms. The van der Waals surface area contributed by atoms with E-state index in [0.29, 0.717) is 5.56 Å². The van der Waals surface area contributed by atoms with E-state index in [-0.39, 0.29) is 17.9 Å². The molecule has 0 fully saturated rings. The van der Waals surface area contributed by atoms with Gasteiger partial charge in [-0.15, -0.1) is 0 Å². The Morgan fingerprint density at radius 3 is 2.61 bits per heavy atom. The molecule has 0 amide bonds. The first-order valence-corrected chi connectivity index (χ1v) is 6.05. The first-order chi connectivity index (χ1) is 8.58. The molecular weight excluding hydrogens is 298 g/mol. The molecule has 0 aliphatic heterocycles. The summed E-state index contributed by atoms with van der Waals surface area (Å²) >= 11 is 3.37. The number of nitrogens with one attached hydrogen (secondary N) is 1. The predicted molar refractivity (Wildman–Crippen MR) is 69.9 cm³/mol. The van der Waals surface area contributed by atoms with Gasteiger partial charge in [-0.05, 0) is 17.7 Å². The number of Topliss-reactive ketones (excluding diaryl/α,β-unsaturated/α-hetero) is 1. The zero-order valence-corrected chi connectivity index (χ0v) is 10.9. The third-order valence-electron chi connectivity index (χ3n) is 2.54. The summed E-state index contributed by atoms with van der Waals surface area (Å²) in [6.45, 7) is 0. The van der Waals surface area contributed by atoms with Crippen molar-refractivity contribution >= 4 is 27.7 Å². The van der Waals surface area contributed by atoms with E-state index >= 15 is 0 Å². The fraction of sp³-hybridized carbons (Fsp3) is 0.0769. The molecule has 0 saturated carbocycles. The number of halogens is 1. The molecule has 92 valence electrons. The number of hydrogen-bond acceptors (Lipinski definition) is 2. The Balaban J connectivity index is 2.17. The molecular formula is C13H10BrNO3. The number of aromatic amines is 1.